The number of ether oxygens (including phenoxy) is 2. The number of hydrogen-bond acceptors (Lipinski definition) is 6. The quantitative estimate of drug-likeness (QED) is 0.487. The highest BCUT2D eigenvalue weighted by Gasteiger charge is 2.26. The second kappa shape index (κ2) is 8.24. The van der Waals surface area contributed by atoms with Gasteiger partial charge in [0.1, 0.15) is 11.5 Å². The van der Waals surface area contributed by atoms with Crippen LogP contribution in [0.15, 0.2) is 29.4 Å². The first-order valence-corrected chi connectivity index (χ1v) is 7.31. The van der Waals surface area contributed by atoms with Gasteiger partial charge in [-0.05, 0) is 24.3 Å². The maximum Gasteiger partial charge on any atom is 0.354 e. The maximum absolute atomic E-state index is 12.1. The molecule has 0 aromatic heterocycles. The van der Waals surface area contributed by atoms with E-state index in [4.69, 9.17) is 4.74 Å². The third kappa shape index (κ3) is 5.49. The van der Waals surface area contributed by atoms with Gasteiger partial charge in [0.25, 0.3) is 5.91 Å². The SMILES string of the molecule is COC(=O)/C(CC(=O)C(C)(C)C)=N\NC(=O)c1ccc(OC)cc1. The summed E-state index contributed by atoms with van der Waals surface area (Å²) < 4.78 is 9.62. The summed E-state index contributed by atoms with van der Waals surface area (Å²) in [6.07, 6.45) is -0.223. The molecule has 0 heterocycles. The zero-order valence-corrected chi connectivity index (χ0v) is 14.5. The van der Waals surface area contributed by atoms with Crippen molar-refractivity contribution in [1.29, 1.82) is 0 Å². The molecule has 0 spiro atoms. The molecule has 0 aliphatic carbocycles. The standard InChI is InChI=1S/C17H22N2O5/c1-17(2,3)14(20)10-13(16(22)24-5)18-19-15(21)11-6-8-12(23-4)9-7-11/h6-9H,10H2,1-5H3,(H,19,21)/b18-13-. The van der Waals surface area contributed by atoms with Crippen LogP contribution in [0.2, 0.25) is 0 Å². The number of rotatable bonds is 6. The third-order valence-electron chi connectivity index (χ3n) is 3.23. The number of amides is 1. The van der Waals surface area contributed by atoms with Gasteiger partial charge < -0.3 is 9.47 Å². The Bertz CT molecular complexity index is 642. The lowest BCUT2D eigenvalue weighted by atomic mass is 9.88. The van der Waals surface area contributed by atoms with Crippen LogP contribution < -0.4 is 10.2 Å². The molecule has 1 N–H and O–H groups in total. The summed E-state index contributed by atoms with van der Waals surface area (Å²) >= 11 is 0. The second-order valence-corrected chi connectivity index (χ2v) is 6.07. The molecule has 0 unspecified atom stereocenters. The zero-order chi connectivity index (χ0) is 18.3. The number of hydrazone groups is 1. The molecular formula is C17H22N2O5. The van der Waals surface area contributed by atoms with Gasteiger partial charge in [-0.3, -0.25) is 9.59 Å². The minimum Gasteiger partial charge on any atom is -0.497 e. The molecule has 24 heavy (non-hydrogen) atoms. The average molecular weight is 334 g/mol. The highest BCUT2D eigenvalue weighted by atomic mass is 16.5. The van der Waals surface area contributed by atoms with Gasteiger partial charge in [0.15, 0.2) is 5.71 Å². The number of ketones is 1. The van der Waals surface area contributed by atoms with Crippen molar-refractivity contribution in [3.63, 3.8) is 0 Å². The van der Waals surface area contributed by atoms with Crippen molar-refractivity contribution in [3.8, 4) is 5.75 Å². The van der Waals surface area contributed by atoms with Crippen LogP contribution in [0.25, 0.3) is 0 Å². The molecular weight excluding hydrogens is 312 g/mol. The first-order valence-electron chi connectivity index (χ1n) is 7.31. The van der Waals surface area contributed by atoms with E-state index in [0.29, 0.717) is 11.3 Å². The molecule has 0 atom stereocenters. The summed E-state index contributed by atoms with van der Waals surface area (Å²) in [5, 5.41) is 3.76. The molecule has 0 bridgehead atoms. The van der Waals surface area contributed by atoms with E-state index in [0.717, 1.165) is 0 Å². The van der Waals surface area contributed by atoms with E-state index in [1.807, 2.05) is 0 Å². The van der Waals surface area contributed by atoms with Crippen molar-refractivity contribution < 1.29 is 23.9 Å². The van der Waals surface area contributed by atoms with Gasteiger partial charge >= 0.3 is 5.97 Å². The van der Waals surface area contributed by atoms with Crippen LogP contribution >= 0.6 is 0 Å². The number of methoxy groups -OCH3 is 2. The minimum absolute atomic E-state index is 0.153. The number of nitrogens with zero attached hydrogens (tertiary/aromatic N) is 1. The molecule has 0 saturated carbocycles. The van der Waals surface area contributed by atoms with Crippen molar-refractivity contribution in [1.82, 2.24) is 5.43 Å². The molecule has 1 amide bonds. The van der Waals surface area contributed by atoms with Gasteiger partial charge in [0, 0.05) is 11.0 Å². The normalized spacial score (nSPS) is 11.6. The smallest absolute Gasteiger partial charge is 0.354 e. The summed E-state index contributed by atoms with van der Waals surface area (Å²) in [4.78, 5) is 35.8. The largest absolute Gasteiger partial charge is 0.497 e. The summed E-state index contributed by atoms with van der Waals surface area (Å²) in [5.74, 6) is -0.851. The molecule has 1 aromatic carbocycles. The number of Topliss-reactive ketones (excluding diaryl/α,β-unsaturated/α-hetero) is 1. The Kier molecular flexibility index (Phi) is 6.64. The number of hydrogen-bond donors (Lipinski definition) is 1. The van der Waals surface area contributed by atoms with Crippen molar-refractivity contribution in [3.05, 3.63) is 29.8 Å². The maximum atomic E-state index is 12.1. The molecule has 0 aliphatic rings. The number of benzene rings is 1. The highest BCUT2D eigenvalue weighted by Crippen LogP contribution is 2.17. The summed E-state index contributed by atoms with van der Waals surface area (Å²) in [5.41, 5.74) is 1.82. The Labute approximate surface area is 141 Å². The summed E-state index contributed by atoms with van der Waals surface area (Å²) in [6.45, 7) is 5.21. The lowest BCUT2D eigenvalue weighted by Gasteiger charge is -2.16. The van der Waals surface area contributed by atoms with E-state index < -0.39 is 17.3 Å². The number of esters is 1. The predicted octanol–water partition coefficient (Wildman–Crippen LogP) is 1.96. The van der Waals surface area contributed by atoms with E-state index in [9.17, 15) is 14.4 Å². The number of carbonyl (C=O) groups is 3. The Balaban J connectivity index is 2.88. The molecule has 7 heteroatoms. The predicted molar refractivity (Wildman–Crippen MR) is 89.0 cm³/mol. The average Bonchev–Trinajstić information content (AvgIpc) is 2.56. The molecule has 7 nitrogen and oxygen atoms in total. The first kappa shape index (κ1) is 19.3. The zero-order valence-electron chi connectivity index (χ0n) is 14.5. The van der Waals surface area contributed by atoms with Crippen LogP contribution in [0.3, 0.4) is 0 Å². The Morgan fingerprint density at radius 1 is 1.08 bits per heavy atom. The van der Waals surface area contributed by atoms with Crippen LogP contribution in [0.1, 0.15) is 37.6 Å². The van der Waals surface area contributed by atoms with E-state index in [2.05, 4.69) is 15.3 Å². The van der Waals surface area contributed by atoms with Gasteiger partial charge in [-0.15, -0.1) is 0 Å². The van der Waals surface area contributed by atoms with Crippen molar-refractivity contribution in [2.24, 2.45) is 10.5 Å². The van der Waals surface area contributed by atoms with Gasteiger partial charge in [0.05, 0.1) is 20.6 Å². The van der Waals surface area contributed by atoms with Crippen LogP contribution in [0.5, 0.6) is 5.75 Å². The first-order chi connectivity index (χ1) is 11.2. The van der Waals surface area contributed by atoms with Crippen molar-refractivity contribution in [2.75, 3.05) is 14.2 Å². The Morgan fingerprint density at radius 3 is 2.12 bits per heavy atom. The molecule has 0 fully saturated rings. The van der Waals surface area contributed by atoms with Crippen molar-refractivity contribution in [2.45, 2.75) is 27.2 Å². The van der Waals surface area contributed by atoms with E-state index >= 15 is 0 Å². The van der Waals surface area contributed by atoms with Gasteiger partial charge in [0.2, 0.25) is 0 Å². The lowest BCUT2D eigenvalue weighted by Crippen LogP contribution is -2.30. The van der Waals surface area contributed by atoms with Crippen LogP contribution in [-0.2, 0) is 14.3 Å². The third-order valence-corrected chi connectivity index (χ3v) is 3.23. The van der Waals surface area contributed by atoms with Gasteiger partial charge in [-0.1, -0.05) is 20.8 Å². The van der Waals surface area contributed by atoms with Crippen LogP contribution in [0.4, 0.5) is 0 Å². The molecule has 0 radical (unpaired) electrons. The lowest BCUT2D eigenvalue weighted by molar-refractivity contribution is -0.134. The second-order valence-electron chi connectivity index (χ2n) is 6.07. The highest BCUT2D eigenvalue weighted by molar-refractivity contribution is 6.40. The monoisotopic (exact) mass is 334 g/mol. The number of carbonyl (C=O) groups excluding carboxylic acids is 3. The van der Waals surface area contributed by atoms with Crippen molar-refractivity contribution >= 4 is 23.4 Å². The van der Waals surface area contributed by atoms with Gasteiger partial charge in [-0.2, -0.15) is 5.10 Å². The fourth-order valence-electron chi connectivity index (χ4n) is 1.62. The van der Waals surface area contributed by atoms with Crippen LogP contribution in [0, 0.1) is 5.41 Å². The Morgan fingerprint density at radius 2 is 1.67 bits per heavy atom. The Hall–Kier alpha value is -2.70. The van der Waals surface area contributed by atoms with Crippen LogP contribution in [-0.4, -0.2) is 37.6 Å². The molecule has 0 aliphatic heterocycles. The van der Waals surface area contributed by atoms with E-state index in [1.165, 1.54) is 14.2 Å². The van der Waals surface area contributed by atoms with E-state index in [1.54, 1.807) is 45.0 Å². The molecule has 1 aromatic rings. The molecule has 0 saturated heterocycles. The summed E-state index contributed by atoms with van der Waals surface area (Å²) in [6, 6.07) is 6.37. The van der Waals surface area contributed by atoms with E-state index in [-0.39, 0.29) is 17.9 Å². The fourth-order valence-corrected chi connectivity index (χ4v) is 1.62. The fraction of sp³-hybridized carbons (Fsp3) is 0.412. The topological polar surface area (TPSA) is 94.1 Å². The molecule has 130 valence electrons. The minimum atomic E-state index is -0.761. The van der Waals surface area contributed by atoms with Gasteiger partial charge in [-0.25, -0.2) is 10.2 Å². The summed E-state index contributed by atoms with van der Waals surface area (Å²) in [7, 11) is 2.71. The molecule has 1 rings (SSSR count). The number of nitrogens with one attached hydrogen (secondary N) is 1.